The maximum atomic E-state index is 14.8. The van der Waals surface area contributed by atoms with Crippen molar-refractivity contribution in [3.05, 3.63) is 104 Å². The molecule has 8 rings (SSSR count). The smallest absolute Gasteiger partial charge is 0.303 e. The number of hydrogen-bond donors (Lipinski definition) is 6. The summed E-state index contributed by atoms with van der Waals surface area (Å²) in [5.41, 5.74) is 0.568. The van der Waals surface area contributed by atoms with Gasteiger partial charge in [0, 0.05) is 39.5 Å². The second-order valence-corrected chi connectivity index (χ2v) is 17.8. The minimum Gasteiger partial charge on any atom is -0.507 e. The molecule has 0 amide bonds. The van der Waals surface area contributed by atoms with Crippen molar-refractivity contribution in [2.75, 3.05) is 0 Å². The van der Waals surface area contributed by atoms with Crippen molar-refractivity contribution in [3.63, 3.8) is 0 Å². The summed E-state index contributed by atoms with van der Waals surface area (Å²) < 4.78 is 45.3. The molecule has 20 nitrogen and oxygen atoms in total. The highest BCUT2D eigenvalue weighted by molar-refractivity contribution is 6.18. The third kappa shape index (κ3) is 8.60. The van der Waals surface area contributed by atoms with Crippen LogP contribution in [-0.4, -0.2) is 127 Å². The zero-order valence-corrected chi connectivity index (χ0v) is 38.9. The molecule has 20 heteroatoms. The van der Waals surface area contributed by atoms with Crippen molar-refractivity contribution in [2.24, 2.45) is 0 Å². The van der Waals surface area contributed by atoms with Crippen LogP contribution in [0.1, 0.15) is 119 Å². The Morgan fingerprint density at radius 2 is 0.871 bits per heavy atom. The number of carbonyl (C=O) groups excluding carboxylic acids is 6. The molecule has 4 aromatic rings. The lowest BCUT2D eigenvalue weighted by Crippen LogP contribution is -2.60. The van der Waals surface area contributed by atoms with E-state index < -0.39 is 143 Å². The first-order chi connectivity index (χ1) is 33.0. The number of esters is 4. The van der Waals surface area contributed by atoms with Gasteiger partial charge in [0.05, 0.1) is 34.5 Å². The topological polar surface area (TPSA) is 298 Å². The monoisotopic (exact) mass is 970 g/mol. The zero-order chi connectivity index (χ0) is 50.9. The molecule has 4 aliphatic rings. The molecule has 0 radical (unpaired) electrons. The quantitative estimate of drug-likeness (QED) is 0.102. The van der Waals surface area contributed by atoms with Crippen LogP contribution in [0.2, 0.25) is 0 Å². The van der Waals surface area contributed by atoms with E-state index in [-0.39, 0.29) is 44.5 Å². The summed E-state index contributed by atoms with van der Waals surface area (Å²) in [6, 6.07) is 11.5. The van der Waals surface area contributed by atoms with Gasteiger partial charge in [-0.25, -0.2) is 0 Å². The summed E-state index contributed by atoms with van der Waals surface area (Å²) in [6.45, 7) is 10.6. The Balaban J connectivity index is 1.28. The first kappa shape index (κ1) is 49.2. The second kappa shape index (κ2) is 18.6. The van der Waals surface area contributed by atoms with Crippen molar-refractivity contribution >= 4 is 35.4 Å². The van der Waals surface area contributed by atoms with Crippen LogP contribution in [0.3, 0.4) is 0 Å². The zero-order valence-electron chi connectivity index (χ0n) is 38.9. The van der Waals surface area contributed by atoms with Crippen LogP contribution < -0.4 is 9.47 Å². The van der Waals surface area contributed by atoms with Crippen molar-refractivity contribution < 1.29 is 97.3 Å². The first-order valence-electron chi connectivity index (χ1n) is 22.2. The van der Waals surface area contributed by atoms with Crippen LogP contribution in [0.15, 0.2) is 48.5 Å². The Morgan fingerprint density at radius 1 is 0.486 bits per heavy atom. The summed E-state index contributed by atoms with van der Waals surface area (Å²) in [6.07, 6.45) is -14.5. The first-order valence-corrected chi connectivity index (χ1v) is 22.2. The summed E-state index contributed by atoms with van der Waals surface area (Å²) >= 11 is 0. The predicted octanol–water partition coefficient (Wildman–Crippen LogP) is 3.87. The normalized spacial score (nSPS) is 27.7. The molecular formula is C50H50O20. The molecule has 70 heavy (non-hydrogen) atoms. The average molecular weight is 971 g/mol. The molecule has 2 saturated heterocycles. The Kier molecular flexibility index (Phi) is 13.0. The highest BCUT2D eigenvalue weighted by Crippen LogP contribution is 2.57. The van der Waals surface area contributed by atoms with E-state index in [1.165, 1.54) is 50.2 Å². The summed E-state index contributed by atoms with van der Waals surface area (Å²) in [5, 5.41) is 69.7. The molecule has 370 valence electrons. The molecule has 2 aliphatic heterocycles. The molecule has 0 saturated carbocycles. The van der Waals surface area contributed by atoms with E-state index in [9.17, 15) is 59.4 Å². The van der Waals surface area contributed by atoms with Crippen LogP contribution >= 0.6 is 0 Å². The molecule has 6 N–H and O–H groups in total. The number of benzene rings is 4. The van der Waals surface area contributed by atoms with E-state index in [1.807, 2.05) is 0 Å². The highest BCUT2D eigenvalue weighted by Gasteiger charge is 2.52. The molecule has 12 atom stereocenters. The lowest BCUT2D eigenvalue weighted by molar-refractivity contribution is -0.277. The fraction of sp³-hybridized carbons (Fsp3) is 0.400. The van der Waals surface area contributed by atoms with Gasteiger partial charge in [-0.05, 0) is 85.3 Å². The maximum Gasteiger partial charge on any atom is 0.303 e. The molecule has 0 spiro atoms. The van der Waals surface area contributed by atoms with E-state index in [4.69, 9.17) is 37.9 Å². The van der Waals surface area contributed by atoms with Gasteiger partial charge < -0.3 is 68.5 Å². The second-order valence-electron chi connectivity index (χ2n) is 17.8. The lowest BCUT2D eigenvalue weighted by atomic mass is 9.63. The Bertz CT molecular complexity index is 2850. The van der Waals surface area contributed by atoms with Crippen LogP contribution in [-0.2, 0) is 47.6 Å². The van der Waals surface area contributed by atoms with Crippen molar-refractivity contribution in [2.45, 2.75) is 129 Å². The van der Waals surface area contributed by atoms with Crippen LogP contribution in [0.25, 0.3) is 0 Å². The molecule has 2 aliphatic carbocycles. The van der Waals surface area contributed by atoms with Crippen molar-refractivity contribution in [1.82, 2.24) is 0 Å². The number of phenolic OH excluding ortho intramolecular Hbond substituents is 4. The minimum absolute atomic E-state index is 0.136. The van der Waals surface area contributed by atoms with E-state index in [1.54, 1.807) is 26.0 Å². The highest BCUT2D eigenvalue weighted by atomic mass is 16.7. The number of phenols is 4. The number of ketones is 2. The SMILES string of the molecule is CC(=O)O[C@@H]1[C@@H](O)[C@H](C)O[C@@H](Oc2ccc3c(c2O)C(=O)c2c(O)cc(C)cc2C3C2c3cc(C)cc(O)c3C(=O)c3c2ccc(O[C@@H]2O[C@@H](C)[C@H](OC(C)=O)[C@@H](O)[C@H]2OC(C)=O)c3O)[C@@H]1OC(C)=O. The lowest BCUT2D eigenvalue weighted by Gasteiger charge is -2.42. The van der Waals surface area contributed by atoms with Gasteiger partial charge in [-0.3, -0.25) is 28.8 Å². The van der Waals surface area contributed by atoms with Gasteiger partial charge in [-0.2, -0.15) is 0 Å². The van der Waals surface area contributed by atoms with Gasteiger partial charge in [0.25, 0.3) is 0 Å². The standard InChI is InChI=1S/C50H50O20/c1-17-13-27-33(25-9-11-31(40(58)37(25)42(60)35(27)29(55)15-17)69-49-47(67-23(7)53)44(62)45(20(4)64-49)65-21(5)51)34-26-10-12-32(41(59)38(26)43(61)36-28(34)14-18(2)16-30(36)56)70-50-48(68-24(8)54)46(66-22(6)52)39(57)19(3)63-50/h9-16,19-20,33-34,39,44-50,55-59,62H,1-8H3/t19-,20-,33?,34?,39-,44+,45-,46+,47+,48+,49-,50-/m0/s1. The van der Waals surface area contributed by atoms with Gasteiger partial charge in [-0.1, -0.05) is 24.3 Å². The molecular weight excluding hydrogens is 921 g/mol. The fourth-order valence-corrected chi connectivity index (χ4v) is 9.97. The molecule has 4 aromatic carbocycles. The number of hydrogen-bond acceptors (Lipinski definition) is 20. The van der Waals surface area contributed by atoms with Gasteiger partial charge >= 0.3 is 23.9 Å². The molecule has 2 unspecified atom stereocenters. The van der Waals surface area contributed by atoms with Gasteiger partial charge in [0.1, 0.15) is 23.7 Å². The number of aryl methyl sites for hydroxylation is 2. The number of fused-ring (bicyclic) bond motifs is 4. The van der Waals surface area contributed by atoms with Gasteiger partial charge in [0.15, 0.2) is 41.3 Å². The van der Waals surface area contributed by atoms with E-state index in [2.05, 4.69) is 0 Å². The van der Waals surface area contributed by atoms with Crippen LogP contribution in [0.5, 0.6) is 34.5 Å². The van der Waals surface area contributed by atoms with Crippen molar-refractivity contribution in [1.29, 1.82) is 0 Å². The maximum absolute atomic E-state index is 14.8. The number of ether oxygens (including phenoxy) is 8. The largest absolute Gasteiger partial charge is 0.507 e. The Labute approximate surface area is 399 Å². The average Bonchev–Trinajstić information content (AvgIpc) is 3.25. The Hall–Kier alpha value is -7.26. The number of aliphatic hydroxyl groups excluding tert-OH is 2. The summed E-state index contributed by atoms with van der Waals surface area (Å²) in [4.78, 5) is 78.0. The van der Waals surface area contributed by atoms with E-state index >= 15 is 0 Å². The van der Waals surface area contributed by atoms with E-state index in [0.717, 1.165) is 27.7 Å². The number of rotatable bonds is 9. The summed E-state index contributed by atoms with van der Waals surface area (Å²) in [5.74, 6) is -10.5. The van der Waals surface area contributed by atoms with Gasteiger partial charge in [-0.15, -0.1) is 0 Å². The third-order valence-electron chi connectivity index (χ3n) is 12.7. The number of aliphatic hydroxyl groups is 2. The fourth-order valence-electron chi connectivity index (χ4n) is 9.97. The van der Waals surface area contributed by atoms with Crippen LogP contribution in [0, 0.1) is 13.8 Å². The number of carbonyl (C=O) groups is 6. The minimum atomic E-state index is -1.67. The van der Waals surface area contributed by atoms with E-state index in [0.29, 0.717) is 11.1 Å². The third-order valence-corrected chi connectivity index (χ3v) is 12.7. The molecule has 2 fully saturated rings. The molecule has 0 aromatic heterocycles. The van der Waals surface area contributed by atoms with Gasteiger partial charge in [0.2, 0.25) is 30.3 Å². The number of aromatic hydroxyl groups is 4. The molecule has 2 heterocycles. The summed E-state index contributed by atoms with van der Waals surface area (Å²) in [7, 11) is 0. The van der Waals surface area contributed by atoms with Crippen molar-refractivity contribution in [3.8, 4) is 34.5 Å². The molecule has 0 bridgehead atoms. The Morgan fingerprint density at radius 3 is 1.31 bits per heavy atom. The predicted molar refractivity (Wildman–Crippen MR) is 237 cm³/mol. The van der Waals surface area contributed by atoms with Crippen LogP contribution in [0.4, 0.5) is 0 Å².